The molecule has 0 bridgehead atoms. The molecule has 0 fully saturated rings. The van der Waals surface area contributed by atoms with E-state index in [-0.39, 0.29) is 25.3 Å². The number of amides is 2. The van der Waals surface area contributed by atoms with Crippen LogP contribution < -0.4 is 5.73 Å². The molecule has 2 N–H and O–H groups in total. The van der Waals surface area contributed by atoms with Crippen molar-refractivity contribution < 1.29 is 30.6 Å². The van der Waals surface area contributed by atoms with Crippen LogP contribution in [0.3, 0.4) is 0 Å². The number of nitrogens with two attached hydrogens (primary N) is 1. The predicted molar refractivity (Wildman–Crippen MR) is 49.9 cm³/mol. The second-order valence-electron chi connectivity index (χ2n) is 3.19. The van der Waals surface area contributed by atoms with Gasteiger partial charge >= 0.3 is 21.7 Å². The zero-order valence-electron chi connectivity index (χ0n) is 8.40. The van der Waals surface area contributed by atoms with Gasteiger partial charge in [-0.1, -0.05) is 0 Å². The average Bonchev–Trinajstić information content (AvgIpc) is 2.16. The van der Waals surface area contributed by atoms with Gasteiger partial charge in [-0.25, -0.2) is 4.79 Å². The van der Waals surface area contributed by atoms with Gasteiger partial charge in [-0.15, -0.1) is 0 Å². The first-order valence-electron chi connectivity index (χ1n) is 4.37. The summed E-state index contributed by atoms with van der Waals surface area (Å²) >= 11 is 0. The molecule has 0 saturated heterocycles. The van der Waals surface area contributed by atoms with Crippen LogP contribution in [0.1, 0.15) is 6.42 Å². The van der Waals surface area contributed by atoms with Crippen molar-refractivity contribution in [3.8, 4) is 0 Å². The molecule has 2 amide bonds. The van der Waals surface area contributed by atoms with Crippen LogP contribution in [-0.2, 0) is 14.3 Å². The molecule has 6 nitrogen and oxygen atoms in total. The van der Waals surface area contributed by atoms with Crippen LogP contribution in [0, 0.1) is 0 Å². The van der Waals surface area contributed by atoms with Gasteiger partial charge in [0.2, 0.25) is 0 Å². The maximum atomic E-state index is 12.0. The molecule has 0 saturated carbocycles. The quantitative estimate of drug-likeness (QED) is 0.587. The van der Waals surface area contributed by atoms with E-state index in [0.717, 1.165) is 11.0 Å². The van der Waals surface area contributed by atoms with E-state index in [0.29, 0.717) is 0 Å². The standard InChI is InChI=1S/C7H9F3N2O4S/c8-7(9,10)17(14,15)16-5-1-3-12(4-2-5)6(11)13/h1H,2-4H2,(H2,11,13). The summed E-state index contributed by atoms with van der Waals surface area (Å²) < 4.78 is 61.1. The maximum absolute atomic E-state index is 12.0. The molecule has 1 aliphatic rings. The molecule has 0 unspecified atom stereocenters. The highest BCUT2D eigenvalue weighted by atomic mass is 32.2. The van der Waals surface area contributed by atoms with E-state index in [4.69, 9.17) is 5.73 Å². The third kappa shape index (κ3) is 3.25. The molecule has 0 atom stereocenters. The summed E-state index contributed by atoms with van der Waals surface area (Å²) in [6.45, 7) is -0.0768. The first-order valence-corrected chi connectivity index (χ1v) is 5.78. The predicted octanol–water partition coefficient (Wildman–Crippen LogP) is 0.521. The zero-order chi connectivity index (χ0) is 13.3. The molecule has 1 heterocycles. The number of hydrogen-bond acceptors (Lipinski definition) is 4. The van der Waals surface area contributed by atoms with Gasteiger partial charge in [0.25, 0.3) is 0 Å². The van der Waals surface area contributed by atoms with Crippen LogP contribution in [0.15, 0.2) is 11.8 Å². The fraction of sp³-hybridized carbons (Fsp3) is 0.571. The minimum Gasteiger partial charge on any atom is -0.381 e. The lowest BCUT2D eigenvalue weighted by atomic mass is 10.2. The summed E-state index contributed by atoms with van der Waals surface area (Å²) in [5, 5.41) is 0. The molecule has 0 spiro atoms. The number of urea groups is 1. The highest BCUT2D eigenvalue weighted by Gasteiger charge is 2.48. The monoisotopic (exact) mass is 274 g/mol. The molecule has 0 aliphatic carbocycles. The van der Waals surface area contributed by atoms with Gasteiger partial charge in [-0.2, -0.15) is 21.6 Å². The summed E-state index contributed by atoms with van der Waals surface area (Å²) in [5.41, 5.74) is -0.536. The van der Waals surface area contributed by atoms with Crippen molar-refractivity contribution in [2.75, 3.05) is 13.1 Å². The lowest BCUT2D eigenvalue weighted by molar-refractivity contribution is -0.0524. The number of hydrogen-bond donors (Lipinski definition) is 1. The van der Waals surface area contributed by atoms with Crippen LogP contribution in [0.25, 0.3) is 0 Å². The van der Waals surface area contributed by atoms with Crippen molar-refractivity contribution in [2.45, 2.75) is 11.9 Å². The third-order valence-corrected chi connectivity index (χ3v) is 2.98. The number of primary amides is 1. The summed E-state index contributed by atoms with van der Waals surface area (Å²) in [5.74, 6) is -0.347. The normalized spacial score (nSPS) is 17.6. The Kier molecular flexibility index (Phi) is 3.55. The molecule has 1 aliphatic heterocycles. The van der Waals surface area contributed by atoms with Crippen molar-refractivity contribution in [2.24, 2.45) is 5.73 Å². The topological polar surface area (TPSA) is 89.7 Å². The Morgan fingerprint density at radius 3 is 2.41 bits per heavy atom. The van der Waals surface area contributed by atoms with E-state index < -0.39 is 21.7 Å². The lowest BCUT2D eigenvalue weighted by Crippen LogP contribution is -2.39. The highest BCUT2D eigenvalue weighted by Crippen LogP contribution is 2.28. The average molecular weight is 274 g/mol. The van der Waals surface area contributed by atoms with Crippen LogP contribution in [-0.4, -0.2) is 37.9 Å². The summed E-state index contributed by atoms with van der Waals surface area (Å²) in [7, 11) is -5.64. The van der Waals surface area contributed by atoms with Gasteiger partial charge < -0.3 is 14.8 Å². The largest absolute Gasteiger partial charge is 0.534 e. The number of carbonyl (C=O) groups is 1. The van der Waals surface area contributed by atoms with Crippen LogP contribution >= 0.6 is 0 Å². The second-order valence-corrected chi connectivity index (χ2v) is 4.73. The van der Waals surface area contributed by atoms with E-state index in [2.05, 4.69) is 4.18 Å². The summed E-state index contributed by atoms with van der Waals surface area (Å²) in [6, 6.07) is -0.737. The Labute approximate surface area is 94.9 Å². The molecule has 1 rings (SSSR count). The van der Waals surface area contributed by atoms with Gasteiger partial charge in [0.1, 0.15) is 5.76 Å². The van der Waals surface area contributed by atoms with E-state index >= 15 is 0 Å². The molecule has 0 aromatic heterocycles. The summed E-state index contributed by atoms with van der Waals surface area (Å²) in [4.78, 5) is 11.8. The Morgan fingerprint density at radius 2 is 2.06 bits per heavy atom. The van der Waals surface area contributed by atoms with Gasteiger partial charge in [0, 0.05) is 19.5 Å². The van der Waals surface area contributed by atoms with E-state index in [1.807, 2.05) is 0 Å². The molecular weight excluding hydrogens is 265 g/mol. The first-order chi connectivity index (χ1) is 7.63. The van der Waals surface area contributed by atoms with Gasteiger partial charge in [0.15, 0.2) is 0 Å². The number of carbonyl (C=O) groups excluding carboxylic acids is 1. The molecule has 98 valence electrons. The Balaban J connectivity index is 2.71. The number of nitrogens with zero attached hydrogens (tertiary/aromatic N) is 1. The van der Waals surface area contributed by atoms with Crippen LogP contribution in [0.4, 0.5) is 18.0 Å². The van der Waals surface area contributed by atoms with Gasteiger partial charge in [-0.05, 0) is 6.08 Å². The smallest absolute Gasteiger partial charge is 0.381 e. The van der Waals surface area contributed by atoms with E-state index in [1.165, 1.54) is 0 Å². The van der Waals surface area contributed by atoms with Crippen molar-refractivity contribution in [1.82, 2.24) is 4.90 Å². The molecule has 10 heteroatoms. The Bertz CT molecular complexity index is 443. The zero-order valence-corrected chi connectivity index (χ0v) is 9.21. The minimum absolute atomic E-state index is 0.00848. The van der Waals surface area contributed by atoms with Crippen molar-refractivity contribution >= 4 is 16.1 Å². The Morgan fingerprint density at radius 1 is 1.47 bits per heavy atom. The molecule has 17 heavy (non-hydrogen) atoms. The Hall–Kier alpha value is -1.45. The number of alkyl halides is 3. The van der Waals surface area contributed by atoms with Gasteiger partial charge in [-0.3, -0.25) is 0 Å². The number of halogens is 3. The van der Waals surface area contributed by atoms with E-state index in [9.17, 15) is 26.4 Å². The fourth-order valence-electron chi connectivity index (χ4n) is 1.11. The second kappa shape index (κ2) is 4.43. The SMILES string of the molecule is NC(=O)N1CC=C(OS(=O)(=O)C(F)(F)F)CC1. The van der Waals surface area contributed by atoms with Crippen molar-refractivity contribution in [3.63, 3.8) is 0 Å². The molecule has 0 aromatic carbocycles. The van der Waals surface area contributed by atoms with Crippen molar-refractivity contribution in [3.05, 3.63) is 11.8 Å². The molecule has 0 radical (unpaired) electrons. The van der Waals surface area contributed by atoms with Gasteiger partial charge in [0.05, 0.1) is 0 Å². The fourth-order valence-corrected chi connectivity index (χ4v) is 1.64. The van der Waals surface area contributed by atoms with Crippen LogP contribution in [0.5, 0.6) is 0 Å². The summed E-state index contributed by atoms with van der Waals surface area (Å²) in [6.07, 6.45) is 0.926. The lowest BCUT2D eigenvalue weighted by Gasteiger charge is -2.24. The third-order valence-electron chi connectivity index (χ3n) is 1.98. The van der Waals surface area contributed by atoms with Crippen molar-refractivity contribution in [1.29, 1.82) is 0 Å². The highest BCUT2D eigenvalue weighted by molar-refractivity contribution is 7.87. The minimum atomic E-state index is -5.64. The first kappa shape index (κ1) is 13.6. The number of rotatable bonds is 2. The maximum Gasteiger partial charge on any atom is 0.534 e. The van der Waals surface area contributed by atoms with E-state index in [1.54, 1.807) is 0 Å². The molecular formula is C7H9F3N2O4S. The molecule has 0 aromatic rings. The van der Waals surface area contributed by atoms with Crippen LogP contribution in [0.2, 0.25) is 0 Å².